The second kappa shape index (κ2) is 11.7. The van der Waals surface area contributed by atoms with E-state index in [2.05, 4.69) is 20.5 Å². The maximum Gasteiger partial charge on any atom is 0.344 e. The Morgan fingerprint density at radius 3 is 2.40 bits per heavy atom. The minimum Gasteiger partial charge on any atom is -0.479 e. The van der Waals surface area contributed by atoms with Gasteiger partial charge in [-0.2, -0.15) is 5.10 Å². The fourth-order valence-corrected chi connectivity index (χ4v) is 3.58. The number of carbonyl (C=O) groups excluding carboxylic acids is 2. The monoisotopic (exact) mass is 470 g/mol. The summed E-state index contributed by atoms with van der Waals surface area (Å²) in [4.78, 5) is 31.9. The van der Waals surface area contributed by atoms with Crippen LogP contribution in [0.15, 0.2) is 28.5 Å². The Morgan fingerprint density at radius 2 is 1.80 bits per heavy atom. The Bertz CT molecular complexity index is 913. The van der Waals surface area contributed by atoms with Crippen molar-refractivity contribution in [2.45, 2.75) is 25.9 Å². The van der Waals surface area contributed by atoms with Crippen molar-refractivity contribution >= 4 is 53.1 Å². The van der Waals surface area contributed by atoms with E-state index >= 15 is 0 Å². The Kier molecular flexibility index (Phi) is 9.35. The Balaban J connectivity index is 1.89. The molecule has 1 amide bonds. The quantitative estimate of drug-likeness (QED) is 0.196. The molecule has 0 atom stereocenters. The summed E-state index contributed by atoms with van der Waals surface area (Å²) in [6, 6.07) is 4.95. The van der Waals surface area contributed by atoms with Crippen LogP contribution in [0, 0.1) is 13.8 Å². The van der Waals surface area contributed by atoms with E-state index in [1.165, 1.54) is 18.0 Å². The largest absolute Gasteiger partial charge is 0.479 e. The highest BCUT2D eigenvalue weighted by atomic mass is 35.5. The molecule has 0 saturated carbocycles. The molecule has 0 radical (unpaired) electrons. The van der Waals surface area contributed by atoms with E-state index in [0.29, 0.717) is 10.7 Å². The molecule has 1 N–H and O–H groups in total. The number of halogens is 2. The molecule has 0 bridgehead atoms. The first kappa shape index (κ1) is 23.9. The van der Waals surface area contributed by atoms with E-state index in [4.69, 9.17) is 32.7 Å². The van der Waals surface area contributed by atoms with Gasteiger partial charge in [-0.15, -0.1) is 0 Å². The standard InChI is InChI=1S/C19H20Cl2N4O4S/c1-4-28-17(27)9-29-18-14(20)6-13(7-15(18)21)8-22-25-16(26)10-30-19-23-11(2)5-12(3)24-19/h5-8H,4,9-10H2,1-3H3,(H,25,26)/b22-8-. The van der Waals surface area contributed by atoms with Crippen LogP contribution in [-0.2, 0) is 14.3 Å². The van der Waals surface area contributed by atoms with Crippen LogP contribution in [0.1, 0.15) is 23.9 Å². The number of nitrogens with one attached hydrogen (secondary N) is 1. The molecule has 0 unspecified atom stereocenters. The molecule has 1 aromatic heterocycles. The minimum absolute atomic E-state index is 0.113. The van der Waals surface area contributed by atoms with Crippen molar-refractivity contribution in [3.63, 3.8) is 0 Å². The summed E-state index contributed by atoms with van der Waals surface area (Å²) in [5.41, 5.74) is 4.63. The van der Waals surface area contributed by atoms with Crippen molar-refractivity contribution in [3.8, 4) is 5.75 Å². The third kappa shape index (κ3) is 7.81. The van der Waals surface area contributed by atoms with Gasteiger partial charge in [0.25, 0.3) is 5.91 Å². The maximum atomic E-state index is 11.9. The number of thioether (sulfide) groups is 1. The van der Waals surface area contributed by atoms with Crippen molar-refractivity contribution in [2.24, 2.45) is 5.10 Å². The topological polar surface area (TPSA) is 103 Å². The summed E-state index contributed by atoms with van der Waals surface area (Å²) < 4.78 is 10.1. The van der Waals surface area contributed by atoms with Gasteiger partial charge >= 0.3 is 5.97 Å². The first-order valence-corrected chi connectivity index (χ1v) is 10.6. The lowest BCUT2D eigenvalue weighted by Gasteiger charge is -2.10. The second-order valence-electron chi connectivity index (χ2n) is 5.92. The number of benzene rings is 1. The van der Waals surface area contributed by atoms with E-state index in [9.17, 15) is 9.59 Å². The number of aromatic nitrogens is 2. The van der Waals surface area contributed by atoms with Gasteiger partial charge in [0.05, 0.1) is 28.6 Å². The van der Waals surface area contributed by atoms with Crippen molar-refractivity contribution in [1.82, 2.24) is 15.4 Å². The second-order valence-corrected chi connectivity index (χ2v) is 7.68. The van der Waals surface area contributed by atoms with Crippen molar-refractivity contribution < 1.29 is 19.1 Å². The van der Waals surface area contributed by atoms with Gasteiger partial charge in [0.2, 0.25) is 0 Å². The minimum atomic E-state index is -0.526. The lowest BCUT2D eigenvalue weighted by molar-refractivity contribution is -0.145. The van der Waals surface area contributed by atoms with Crippen molar-refractivity contribution in [2.75, 3.05) is 19.0 Å². The average Bonchev–Trinajstić information content (AvgIpc) is 2.65. The number of rotatable bonds is 9. The molecule has 2 aromatic rings. The van der Waals surface area contributed by atoms with Gasteiger partial charge in [0, 0.05) is 11.4 Å². The number of esters is 1. The normalized spacial score (nSPS) is 10.8. The number of hydrogen-bond donors (Lipinski definition) is 1. The van der Waals surface area contributed by atoms with Crippen LogP contribution in [0.5, 0.6) is 5.75 Å². The van der Waals surface area contributed by atoms with Gasteiger partial charge in [-0.1, -0.05) is 35.0 Å². The van der Waals surface area contributed by atoms with Crippen molar-refractivity contribution in [3.05, 3.63) is 45.2 Å². The molecule has 0 aliphatic carbocycles. The van der Waals surface area contributed by atoms with Gasteiger partial charge in [-0.3, -0.25) is 4.79 Å². The van der Waals surface area contributed by atoms with E-state index in [1.54, 1.807) is 19.1 Å². The number of nitrogens with zero attached hydrogens (tertiary/aromatic N) is 3. The van der Waals surface area contributed by atoms with Gasteiger partial charge < -0.3 is 9.47 Å². The predicted octanol–water partition coefficient (Wildman–Crippen LogP) is 3.58. The number of aryl methyl sites for hydroxylation is 2. The summed E-state index contributed by atoms with van der Waals surface area (Å²) in [5, 5.41) is 4.81. The highest BCUT2D eigenvalue weighted by Gasteiger charge is 2.12. The summed E-state index contributed by atoms with van der Waals surface area (Å²) in [7, 11) is 0. The fraction of sp³-hybridized carbons (Fsp3) is 0.316. The summed E-state index contributed by atoms with van der Waals surface area (Å²) in [6.07, 6.45) is 1.39. The molecule has 1 aromatic carbocycles. The molecule has 30 heavy (non-hydrogen) atoms. The summed E-state index contributed by atoms with van der Waals surface area (Å²) in [5.74, 6) is -0.562. The molecule has 0 fully saturated rings. The fourth-order valence-electron chi connectivity index (χ4n) is 2.22. The summed E-state index contributed by atoms with van der Waals surface area (Å²) >= 11 is 13.5. The van der Waals surface area contributed by atoms with Crippen LogP contribution in [0.3, 0.4) is 0 Å². The number of carbonyl (C=O) groups is 2. The predicted molar refractivity (Wildman–Crippen MR) is 117 cm³/mol. The molecular formula is C19H20Cl2N4O4S. The van der Waals surface area contributed by atoms with Gasteiger partial charge in [0.15, 0.2) is 17.5 Å². The number of ether oxygens (including phenoxy) is 2. The van der Waals surface area contributed by atoms with Crippen LogP contribution >= 0.6 is 35.0 Å². The molecule has 0 aliphatic heterocycles. The van der Waals surface area contributed by atoms with Gasteiger partial charge in [0.1, 0.15) is 0 Å². The van der Waals surface area contributed by atoms with Crippen LogP contribution in [-0.4, -0.2) is 47.0 Å². The Labute approximate surface area is 188 Å². The zero-order chi connectivity index (χ0) is 22.1. The zero-order valence-corrected chi connectivity index (χ0v) is 18.9. The van der Waals surface area contributed by atoms with Crippen molar-refractivity contribution in [1.29, 1.82) is 0 Å². The highest BCUT2D eigenvalue weighted by molar-refractivity contribution is 7.99. The molecule has 0 spiro atoms. The smallest absolute Gasteiger partial charge is 0.344 e. The number of hydrogen-bond acceptors (Lipinski definition) is 8. The average molecular weight is 471 g/mol. The molecule has 0 saturated heterocycles. The van der Waals surface area contributed by atoms with E-state index in [-0.39, 0.29) is 40.7 Å². The van der Waals surface area contributed by atoms with Crippen LogP contribution in [0.25, 0.3) is 0 Å². The van der Waals surface area contributed by atoms with Gasteiger partial charge in [-0.25, -0.2) is 20.2 Å². The number of amides is 1. The Morgan fingerprint density at radius 1 is 1.17 bits per heavy atom. The molecule has 0 aliphatic rings. The molecule has 2 rings (SSSR count). The van der Waals surface area contributed by atoms with E-state index in [0.717, 1.165) is 11.4 Å². The molecule has 8 nitrogen and oxygen atoms in total. The highest BCUT2D eigenvalue weighted by Crippen LogP contribution is 2.33. The van der Waals surface area contributed by atoms with E-state index in [1.807, 2.05) is 19.9 Å². The molecule has 1 heterocycles. The lowest BCUT2D eigenvalue weighted by Crippen LogP contribution is -2.19. The van der Waals surface area contributed by atoms with Crippen LogP contribution in [0.2, 0.25) is 10.0 Å². The maximum absolute atomic E-state index is 11.9. The third-order valence-corrected chi connectivity index (χ3v) is 4.77. The lowest BCUT2D eigenvalue weighted by atomic mass is 10.2. The third-order valence-electron chi connectivity index (χ3n) is 3.36. The Hall–Kier alpha value is -2.36. The number of hydrazone groups is 1. The first-order valence-electron chi connectivity index (χ1n) is 8.83. The molecule has 11 heteroatoms. The summed E-state index contributed by atoms with van der Waals surface area (Å²) in [6.45, 7) is 5.37. The molecule has 160 valence electrons. The van der Waals surface area contributed by atoms with Crippen LogP contribution in [0.4, 0.5) is 0 Å². The molecular weight excluding hydrogens is 451 g/mol. The SMILES string of the molecule is CCOC(=O)COc1c(Cl)cc(/C=N\NC(=O)CSc2nc(C)cc(C)n2)cc1Cl. The van der Waals surface area contributed by atoms with E-state index < -0.39 is 5.97 Å². The van der Waals surface area contributed by atoms with Gasteiger partial charge in [-0.05, 0) is 44.5 Å². The van der Waals surface area contributed by atoms with Crippen LogP contribution < -0.4 is 10.2 Å². The first-order chi connectivity index (χ1) is 14.3. The zero-order valence-electron chi connectivity index (χ0n) is 16.6.